The van der Waals surface area contributed by atoms with Gasteiger partial charge in [0.05, 0.1) is 6.04 Å². The van der Waals surface area contributed by atoms with Gasteiger partial charge in [0.15, 0.2) is 0 Å². The number of anilines is 2. The van der Waals surface area contributed by atoms with Crippen molar-refractivity contribution in [3.05, 3.63) is 60.7 Å². The molecule has 1 N–H and O–H groups in total. The van der Waals surface area contributed by atoms with E-state index < -0.39 is 0 Å². The van der Waals surface area contributed by atoms with Crippen LogP contribution in [0.2, 0.25) is 0 Å². The van der Waals surface area contributed by atoms with Crippen molar-refractivity contribution in [1.82, 2.24) is 4.90 Å². The minimum Gasteiger partial charge on any atom is -0.369 e. The number of carbonyl (C=O) groups is 1. The van der Waals surface area contributed by atoms with Crippen molar-refractivity contribution in [2.75, 3.05) is 36.4 Å². The Morgan fingerprint density at radius 1 is 0.913 bits per heavy atom. The lowest BCUT2D eigenvalue weighted by molar-refractivity contribution is -0.120. The molecule has 1 amide bonds. The number of hydrogen-bond donors (Lipinski definition) is 1. The number of nitrogens with zero attached hydrogens (tertiary/aromatic N) is 2. The summed E-state index contributed by atoms with van der Waals surface area (Å²) < 4.78 is 0. The summed E-state index contributed by atoms with van der Waals surface area (Å²) in [5, 5.41) is 2.99. The van der Waals surface area contributed by atoms with Crippen LogP contribution in [0.4, 0.5) is 11.4 Å². The van der Waals surface area contributed by atoms with Gasteiger partial charge < -0.3 is 10.2 Å². The predicted molar refractivity (Wildman–Crippen MR) is 94.8 cm³/mol. The fraction of sp³-hybridized carbons (Fsp3) is 0.316. The van der Waals surface area contributed by atoms with Gasteiger partial charge in [0, 0.05) is 37.6 Å². The number of para-hydroxylation sites is 2. The number of nitrogens with one attached hydrogen (secondary N) is 1. The molecule has 0 aromatic heterocycles. The van der Waals surface area contributed by atoms with E-state index in [0.717, 1.165) is 31.9 Å². The van der Waals surface area contributed by atoms with Gasteiger partial charge in [-0.05, 0) is 31.2 Å². The minimum atomic E-state index is -0.117. The zero-order chi connectivity index (χ0) is 16.1. The summed E-state index contributed by atoms with van der Waals surface area (Å²) in [5.41, 5.74) is 2.11. The zero-order valence-electron chi connectivity index (χ0n) is 13.5. The molecule has 0 spiro atoms. The van der Waals surface area contributed by atoms with Crippen LogP contribution in [0, 0.1) is 0 Å². The number of carbonyl (C=O) groups excluding carboxylic acids is 1. The van der Waals surface area contributed by atoms with Crippen LogP contribution in [-0.2, 0) is 4.79 Å². The molecule has 120 valence electrons. The van der Waals surface area contributed by atoms with Gasteiger partial charge in [-0.1, -0.05) is 36.4 Å². The van der Waals surface area contributed by atoms with Crippen LogP contribution >= 0.6 is 0 Å². The average molecular weight is 309 g/mol. The molecule has 1 heterocycles. The van der Waals surface area contributed by atoms with Crippen molar-refractivity contribution >= 4 is 17.3 Å². The molecule has 3 rings (SSSR count). The lowest BCUT2D eigenvalue weighted by Crippen LogP contribution is -2.52. The molecule has 0 saturated carbocycles. The fourth-order valence-electron chi connectivity index (χ4n) is 2.94. The van der Waals surface area contributed by atoms with Crippen molar-refractivity contribution in [3.8, 4) is 0 Å². The van der Waals surface area contributed by atoms with Crippen molar-refractivity contribution < 1.29 is 4.79 Å². The highest BCUT2D eigenvalue weighted by Gasteiger charge is 2.25. The largest absolute Gasteiger partial charge is 0.369 e. The first-order valence-electron chi connectivity index (χ1n) is 8.14. The Kier molecular flexibility index (Phi) is 4.93. The minimum absolute atomic E-state index is 0.0596. The van der Waals surface area contributed by atoms with Crippen LogP contribution in [0.1, 0.15) is 6.92 Å². The Balaban J connectivity index is 1.53. The van der Waals surface area contributed by atoms with E-state index in [-0.39, 0.29) is 11.9 Å². The van der Waals surface area contributed by atoms with Crippen LogP contribution in [0.15, 0.2) is 60.7 Å². The Bertz CT molecular complexity index is 622. The van der Waals surface area contributed by atoms with Gasteiger partial charge in [-0.2, -0.15) is 0 Å². The maximum atomic E-state index is 12.4. The van der Waals surface area contributed by atoms with Crippen LogP contribution in [0.25, 0.3) is 0 Å². The van der Waals surface area contributed by atoms with E-state index in [1.807, 2.05) is 43.3 Å². The number of amides is 1. The molecular formula is C19H23N3O. The summed E-state index contributed by atoms with van der Waals surface area (Å²) in [5.74, 6) is 0.0596. The molecule has 4 nitrogen and oxygen atoms in total. The molecule has 23 heavy (non-hydrogen) atoms. The van der Waals surface area contributed by atoms with E-state index in [1.54, 1.807) is 0 Å². The normalized spacial score (nSPS) is 16.8. The summed E-state index contributed by atoms with van der Waals surface area (Å²) >= 11 is 0. The Hall–Kier alpha value is -2.33. The number of hydrogen-bond acceptors (Lipinski definition) is 3. The lowest BCUT2D eigenvalue weighted by Gasteiger charge is -2.38. The van der Waals surface area contributed by atoms with Crippen LogP contribution < -0.4 is 10.2 Å². The molecule has 0 unspecified atom stereocenters. The Morgan fingerprint density at radius 2 is 1.48 bits per heavy atom. The fourth-order valence-corrected chi connectivity index (χ4v) is 2.94. The first-order valence-corrected chi connectivity index (χ1v) is 8.14. The third kappa shape index (κ3) is 3.90. The number of rotatable bonds is 4. The molecule has 1 atom stereocenters. The first-order chi connectivity index (χ1) is 11.2. The van der Waals surface area contributed by atoms with Crippen molar-refractivity contribution in [2.45, 2.75) is 13.0 Å². The maximum absolute atomic E-state index is 12.4. The van der Waals surface area contributed by atoms with Crippen molar-refractivity contribution in [1.29, 1.82) is 0 Å². The molecule has 2 aromatic rings. The Labute approximate surface area is 137 Å². The molecule has 0 radical (unpaired) electrons. The van der Waals surface area contributed by atoms with E-state index in [4.69, 9.17) is 0 Å². The quantitative estimate of drug-likeness (QED) is 0.943. The molecule has 1 aliphatic rings. The molecule has 0 aliphatic carbocycles. The topological polar surface area (TPSA) is 35.6 Å². The van der Waals surface area contributed by atoms with E-state index in [2.05, 4.69) is 39.4 Å². The van der Waals surface area contributed by atoms with E-state index in [9.17, 15) is 4.79 Å². The second-order valence-electron chi connectivity index (χ2n) is 5.89. The average Bonchev–Trinajstić information content (AvgIpc) is 2.63. The second kappa shape index (κ2) is 7.29. The summed E-state index contributed by atoms with van der Waals surface area (Å²) in [4.78, 5) is 17.0. The SMILES string of the molecule is C[C@H](C(=O)Nc1ccccc1)N1CCN(c2ccccc2)CC1. The first kappa shape index (κ1) is 15.6. The summed E-state index contributed by atoms with van der Waals surface area (Å²) in [6, 6.07) is 20.0. The van der Waals surface area contributed by atoms with E-state index in [1.165, 1.54) is 5.69 Å². The molecule has 1 aliphatic heterocycles. The molecule has 1 saturated heterocycles. The second-order valence-corrected chi connectivity index (χ2v) is 5.89. The van der Waals surface area contributed by atoms with E-state index in [0.29, 0.717) is 0 Å². The lowest BCUT2D eigenvalue weighted by atomic mass is 10.2. The number of piperazine rings is 1. The summed E-state index contributed by atoms with van der Waals surface area (Å²) in [7, 11) is 0. The smallest absolute Gasteiger partial charge is 0.241 e. The van der Waals surface area contributed by atoms with Gasteiger partial charge in [-0.25, -0.2) is 0 Å². The highest BCUT2D eigenvalue weighted by Crippen LogP contribution is 2.17. The highest BCUT2D eigenvalue weighted by molar-refractivity contribution is 5.94. The summed E-state index contributed by atoms with van der Waals surface area (Å²) in [6.45, 7) is 5.69. The van der Waals surface area contributed by atoms with Gasteiger partial charge in [-0.15, -0.1) is 0 Å². The van der Waals surface area contributed by atoms with Crippen LogP contribution in [-0.4, -0.2) is 43.0 Å². The molecule has 2 aromatic carbocycles. The summed E-state index contributed by atoms with van der Waals surface area (Å²) in [6.07, 6.45) is 0. The zero-order valence-corrected chi connectivity index (χ0v) is 13.5. The molecular weight excluding hydrogens is 286 g/mol. The van der Waals surface area contributed by atoms with Gasteiger partial charge in [0.2, 0.25) is 5.91 Å². The standard InChI is InChI=1S/C19H23N3O/c1-16(19(23)20-17-8-4-2-5-9-17)21-12-14-22(15-13-21)18-10-6-3-7-11-18/h2-11,16H,12-15H2,1H3,(H,20,23)/t16-/m1/s1. The molecule has 0 bridgehead atoms. The van der Waals surface area contributed by atoms with Gasteiger partial charge in [-0.3, -0.25) is 9.69 Å². The van der Waals surface area contributed by atoms with Crippen LogP contribution in [0.3, 0.4) is 0 Å². The van der Waals surface area contributed by atoms with Gasteiger partial charge >= 0.3 is 0 Å². The molecule has 4 heteroatoms. The maximum Gasteiger partial charge on any atom is 0.241 e. The van der Waals surface area contributed by atoms with Crippen molar-refractivity contribution in [3.63, 3.8) is 0 Å². The number of benzene rings is 2. The Morgan fingerprint density at radius 3 is 2.09 bits per heavy atom. The molecule has 1 fully saturated rings. The van der Waals surface area contributed by atoms with Gasteiger partial charge in [0.1, 0.15) is 0 Å². The highest BCUT2D eigenvalue weighted by atomic mass is 16.2. The predicted octanol–water partition coefficient (Wildman–Crippen LogP) is 2.84. The van der Waals surface area contributed by atoms with Gasteiger partial charge in [0.25, 0.3) is 0 Å². The van der Waals surface area contributed by atoms with Crippen LogP contribution in [0.5, 0.6) is 0 Å². The van der Waals surface area contributed by atoms with Crippen molar-refractivity contribution in [2.24, 2.45) is 0 Å². The van der Waals surface area contributed by atoms with E-state index >= 15 is 0 Å². The third-order valence-electron chi connectivity index (χ3n) is 4.40. The monoisotopic (exact) mass is 309 g/mol. The third-order valence-corrected chi connectivity index (χ3v) is 4.40.